The van der Waals surface area contributed by atoms with Gasteiger partial charge in [-0.3, -0.25) is 4.68 Å². The van der Waals surface area contributed by atoms with Crippen LogP contribution in [0.4, 0.5) is 0 Å². The molecule has 1 aromatic heterocycles. The van der Waals surface area contributed by atoms with Crippen molar-refractivity contribution in [1.82, 2.24) is 9.78 Å². The standard InChI is InChI=1S/C19H17BrN2O4/c1-22-18(19(23)24)17(20)16(21-22)12-26-15-9-5-8-14(10-15)25-11-13-6-3-2-4-7-13/h2-10H,11-12H2,1H3,(H,23,24). The van der Waals surface area contributed by atoms with Gasteiger partial charge >= 0.3 is 5.97 Å². The maximum Gasteiger partial charge on any atom is 0.355 e. The zero-order valence-corrected chi connectivity index (χ0v) is 15.6. The van der Waals surface area contributed by atoms with Crippen LogP contribution >= 0.6 is 15.9 Å². The third-order valence-corrected chi connectivity index (χ3v) is 4.52. The van der Waals surface area contributed by atoms with E-state index in [9.17, 15) is 9.90 Å². The summed E-state index contributed by atoms with van der Waals surface area (Å²) in [6.45, 7) is 0.613. The summed E-state index contributed by atoms with van der Waals surface area (Å²) in [6, 6.07) is 17.2. The van der Waals surface area contributed by atoms with Crippen molar-refractivity contribution in [3.8, 4) is 11.5 Å². The molecule has 0 bridgehead atoms. The first kappa shape index (κ1) is 18.0. The first-order valence-electron chi connectivity index (χ1n) is 7.89. The summed E-state index contributed by atoms with van der Waals surface area (Å²) < 4.78 is 13.2. The number of ether oxygens (including phenoxy) is 2. The van der Waals surface area contributed by atoms with Crippen molar-refractivity contribution < 1.29 is 19.4 Å². The quantitative estimate of drug-likeness (QED) is 0.628. The van der Waals surface area contributed by atoms with Crippen LogP contribution in [-0.2, 0) is 20.3 Å². The molecule has 6 nitrogen and oxygen atoms in total. The Morgan fingerprint density at radius 1 is 1.08 bits per heavy atom. The number of aromatic carboxylic acids is 1. The molecular formula is C19H17BrN2O4. The van der Waals surface area contributed by atoms with Gasteiger partial charge in [-0.15, -0.1) is 0 Å². The predicted octanol–water partition coefficient (Wildman–Crippen LogP) is 4.04. The minimum Gasteiger partial charge on any atom is -0.489 e. The average Bonchev–Trinajstić information content (AvgIpc) is 2.93. The average molecular weight is 417 g/mol. The normalized spacial score (nSPS) is 10.5. The summed E-state index contributed by atoms with van der Waals surface area (Å²) in [4.78, 5) is 11.2. The summed E-state index contributed by atoms with van der Waals surface area (Å²) in [5.74, 6) is 0.261. The van der Waals surface area contributed by atoms with E-state index in [0.717, 1.165) is 5.56 Å². The molecule has 3 aromatic rings. The fraction of sp³-hybridized carbons (Fsp3) is 0.158. The third kappa shape index (κ3) is 4.23. The number of hydrogen-bond acceptors (Lipinski definition) is 4. The van der Waals surface area contributed by atoms with Crippen molar-refractivity contribution >= 4 is 21.9 Å². The van der Waals surface area contributed by atoms with Gasteiger partial charge in [-0.1, -0.05) is 36.4 Å². The zero-order valence-electron chi connectivity index (χ0n) is 14.1. The van der Waals surface area contributed by atoms with E-state index >= 15 is 0 Å². The van der Waals surface area contributed by atoms with Gasteiger partial charge in [0.15, 0.2) is 5.69 Å². The summed E-state index contributed by atoms with van der Waals surface area (Å²) in [5, 5.41) is 13.4. The van der Waals surface area contributed by atoms with Crippen LogP contribution in [0.5, 0.6) is 11.5 Å². The highest BCUT2D eigenvalue weighted by Gasteiger charge is 2.19. The van der Waals surface area contributed by atoms with Gasteiger partial charge in [0.25, 0.3) is 0 Å². The molecule has 0 saturated heterocycles. The Balaban J connectivity index is 1.64. The number of hydrogen-bond donors (Lipinski definition) is 1. The van der Waals surface area contributed by atoms with Crippen LogP contribution in [0, 0.1) is 0 Å². The lowest BCUT2D eigenvalue weighted by molar-refractivity contribution is 0.0684. The first-order valence-corrected chi connectivity index (χ1v) is 8.68. The van der Waals surface area contributed by atoms with Crippen molar-refractivity contribution in [1.29, 1.82) is 0 Å². The number of halogens is 1. The van der Waals surface area contributed by atoms with Crippen LogP contribution in [0.2, 0.25) is 0 Å². The van der Waals surface area contributed by atoms with Crippen molar-refractivity contribution in [2.24, 2.45) is 7.05 Å². The highest BCUT2D eigenvalue weighted by atomic mass is 79.9. The lowest BCUT2D eigenvalue weighted by Crippen LogP contribution is -2.05. The second-order valence-corrected chi connectivity index (χ2v) is 6.37. The predicted molar refractivity (Wildman–Crippen MR) is 99.4 cm³/mol. The van der Waals surface area contributed by atoms with Gasteiger partial charge in [0.1, 0.15) is 30.4 Å². The van der Waals surface area contributed by atoms with Crippen molar-refractivity contribution in [2.75, 3.05) is 0 Å². The Kier molecular flexibility index (Phi) is 5.58. The Morgan fingerprint density at radius 2 is 1.73 bits per heavy atom. The molecule has 0 atom stereocenters. The summed E-state index contributed by atoms with van der Waals surface area (Å²) in [6.07, 6.45) is 0. The van der Waals surface area contributed by atoms with Crippen LogP contribution in [-0.4, -0.2) is 20.9 Å². The van der Waals surface area contributed by atoms with Crippen LogP contribution in [0.1, 0.15) is 21.7 Å². The van der Waals surface area contributed by atoms with E-state index in [0.29, 0.717) is 28.3 Å². The van der Waals surface area contributed by atoms with Crippen molar-refractivity contribution in [3.05, 3.63) is 76.0 Å². The molecule has 2 aromatic carbocycles. The Bertz CT molecular complexity index is 909. The Morgan fingerprint density at radius 3 is 2.35 bits per heavy atom. The minimum absolute atomic E-state index is 0.0866. The van der Waals surface area contributed by atoms with Gasteiger partial charge in [-0.25, -0.2) is 4.79 Å². The van der Waals surface area contributed by atoms with Gasteiger partial charge in [0.2, 0.25) is 0 Å². The zero-order chi connectivity index (χ0) is 18.5. The van der Waals surface area contributed by atoms with Crippen LogP contribution in [0.25, 0.3) is 0 Å². The molecule has 0 aliphatic rings. The van der Waals surface area contributed by atoms with Gasteiger partial charge in [0.05, 0.1) is 4.47 Å². The second-order valence-electron chi connectivity index (χ2n) is 5.58. The number of rotatable bonds is 7. The minimum atomic E-state index is -1.05. The van der Waals surface area contributed by atoms with Crippen LogP contribution < -0.4 is 9.47 Å². The molecule has 26 heavy (non-hydrogen) atoms. The number of carboxylic acids is 1. The molecule has 0 unspecified atom stereocenters. The van der Waals surface area contributed by atoms with Gasteiger partial charge in [0, 0.05) is 13.1 Å². The Hall–Kier alpha value is -2.80. The number of carbonyl (C=O) groups is 1. The highest BCUT2D eigenvalue weighted by Crippen LogP contribution is 2.25. The molecule has 0 aliphatic carbocycles. The van der Waals surface area contributed by atoms with Gasteiger partial charge in [-0.05, 0) is 33.6 Å². The molecule has 1 N–H and O–H groups in total. The third-order valence-electron chi connectivity index (χ3n) is 3.69. The fourth-order valence-electron chi connectivity index (χ4n) is 2.42. The molecular weight excluding hydrogens is 400 g/mol. The number of aryl methyl sites for hydroxylation is 1. The van der Waals surface area contributed by atoms with Gasteiger partial charge in [-0.2, -0.15) is 5.10 Å². The smallest absolute Gasteiger partial charge is 0.355 e. The van der Waals surface area contributed by atoms with Crippen LogP contribution in [0.3, 0.4) is 0 Å². The maximum atomic E-state index is 11.2. The lowest BCUT2D eigenvalue weighted by Gasteiger charge is -2.09. The SMILES string of the molecule is Cn1nc(COc2cccc(OCc3ccccc3)c2)c(Br)c1C(=O)O. The molecule has 7 heteroatoms. The highest BCUT2D eigenvalue weighted by molar-refractivity contribution is 9.10. The molecule has 0 radical (unpaired) electrons. The van der Waals surface area contributed by atoms with E-state index in [1.807, 2.05) is 48.5 Å². The largest absolute Gasteiger partial charge is 0.489 e. The van der Waals surface area contributed by atoms with Crippen molar-refractivity contribution in [3.63, 3.8) is 0 Å². The topological polar surface area (TPSA) is 73.6 Å². The molecule has 1 heterocycles. The van der Waals surface area contributed by atoms with E-state index in [2.05, 4.69) is 21.0 Å². The lowest BCUT2D eigenvalue weighted by atomic mass is 10.2. The number of benzene rings is 2. The monoisotopic (exact) mass is 416 g/mol. The summed E-state index contributed by atoms with van der Waals surface area (Å²) in [7, 11) is 1.58. The van der Waals surface area contributed by atoms with Crippen LogP contribution in [0.15, 0.2) is 59.1 Å². The summed E-state index contributed by atoms with van der Waals surface area (Å²) in [5.41, 5.74) is 1.68. The molecule has 0 fully saturated rings. The van der Waals surface area contributed by atoms with Crippen molar-refractivity contribution in [2.45, 2.75) is 13.2 Å². The number of aromatic nitrogens is 2. The molecule has 0 saturated carbocycles. The second kappa shape index (κ2) is 8.05. The van der Waals surface area contributed by atoms with E-state index in [1.54, 1.807) is 13.1 Å². The molecule has 3 rings (SSSR count). The van der Waals surface area contributed by atoms with E-state index in [-0.39, 0.29) is 12.3 Å². The van der Waals surface area contributed by atoms with E-state index < -0.39 is 5.97 Å². The first-order chi connectivity index (χ1) is 12.5. The van der Waals surface area contributed by atoms with E-state index in [1.165, 1.54) is 4.68 Å². The summed E-state index contributed by atoms with van der Waals surface area (Å²) >= 11 is 3.27. The number of nitrogens with zero attached hydrogens (tertiary/aromatic N) is 2. The number of carboxylic acid groups (broad SMARTS) is 1. The van der Waals surface area contributed by atoms with Gasteiger partial charge < -0.3 is 14.6 Å². The molecule has 134 valence electrons. The molecule has 0 spiro atoms. The molecule has 0 aliphatic heterocycles. The Labute approximate surface area is 159 Å². The maximum absolute atomic E-state index is 11.2. The fourth-order valence-corrected chi connectivity index (χ4v) is 3.04. The molecule has 0 amide bonds. The van der Waals surface area contributed by atoms with E-state index in [4.69, 9.17) is 9.47 Å².